The van der Waals surface area contributed by atoms with E-state index in [0.29, 0.717) is 19.0 Å². The monoisotopic (exact) mass is 362 g/mol. The predicted octanol–water partition coefficient (Wildman–Crippen LogP) is 3.59. The fraction of sp³-hybridized carbons (Fsp3) is 0.190. The third-order valence-electron chi connectivity index (χ3n) is 3.89. The molecule has 0 aliphatic carbocycles. The van der Waals surface area contributed by atoms with Crippen LogP contribution >= 0.6 is 0 Å². The van der Waals surface area contributed by atoms with Crippen molar-refractivity contribution in [2.75, 3.05) is 18.5 Å². The van der Waals surface area contributed by atoms with Crippen LogP contribution in [0.5, 0.6) is 5.75 Å². The van der Waals surface area contributed by atoms with Crippen LogP contribution in [0.4, 0.5) is 11.5 Å². The fourth-order valence-corrected chi connectivity index (χ4v) is 2.56. The van der Waals surface area contributed by atoms with E-state index in [-0.39, 0.29) is 11.6 Å². The minimum Gasteiger partial charge on any atom is -0.492 e. The summed E-state index contributed by atoms with van der Waals surface area (Å²) in [6.45, 7) is 3.06. The Morgan fingerprint density at radius 1 is 0.963 bits per heavy atom. The number of amides is 1. The smallest absolute Gasteiger partial charge is 0.271 e. The van der Waals surface area contributed by atoms with Crippen LogP contribution in [0.1, 0.15) is 23.0 Å². The molecule has 6 heteroatoms. The Morgan fingerprint density at radius 2 is 1.74 bits per heavy atom. The first-order chi connectivity index (χ1) is 13.3. The van der Waals surface area contributed by atoms with Crippen molar-refractivity contribution in [1.29, 1.82) is 0 Å². The Bertz CT molecular complexity index is 867. The van der Waals surface area contributed by atoms with Crippen molar-refractivity contribution in [3.05, 3.63) is 78.0 Å². The summed E-state index contributed by atoms with van der Waals surface area (Å²) < 4.78 is 5.58. The molecule has 6 nitrogen and oxygen atoms in total. The van der Waals surface area contributed by atoms with E-state index in [1.54, 1.807) is 12.1 Å². The molecule has 0 fully saturated rings. The zero-order valence-electron chi connectivity index (χ0n) is 15.2. The molecule has 3 aromatic rings. The maximum absolute atomic E-state index is 12.2. The maximum atomic E-state index is 12.2. The van der Waals surface area contributed by atoms with Gasteiger partial charge >= 0.3 is 0 Å². The molecule has 0 radical (unpaired) electrons. The van der Waals surface area contributed by atoms with E-state index in [1.807, 2.05) is 61.5 Å². The molecule has 0 bridgehead atoms. The molecule has 3 rings (SSSR count). The van der Waals surface area contributed by atoms with Crippen LogP contribution in [0.25, 0.3) is 0 Å². The number of para-hydroxylation sites is 2. The SMILES string of the molecule is CCOc1ccccc1Nc1ccc(C(=O)NCCc2ccccc2)nn1. The lowest BCUT2D eigenvalue weighted by atomic mass is 10.1. The number of anilines is 2. The van der Waals surface area contributed by atoms with Gasteiger partial charge in [0.25, 0.3) is 5.91 Å². The number of ether oxygens (including phenoxy) is 1. The highest BCUT2D eigenvalue weighted by molar-refractivity contribution is 5.92. The molecule has 138 valence electrons. The number of carbonyl (C=O) groups is 1. The highest BCUT2D eigenvalue weighted by atomic mass is 16.5. The van der Waals surface area contributed by atoms with E-state index < -0.39 is 0 Å². The Kier molecular flexibility index (Phi) is 6.35. The van der Waals surface area contributed by atoms with Crippen LogP contribution in [0.2, 0.25) is 0 Å². The van der Waals surface area contributed by atoms with Gasteiger partial charge in [0.2, 0.25) is 0 Å². The van der Waals surface area contributed by atoms with Crippen LogP contribution in [-0.4, -0.2) is 29.3 Å². The van der Waals surface area contributed by atoms with Gasteiger partial charge in [0.15, 0.2) is 11.5 Å². The Hall–Kier alpha value is -3.41. The Morgan fingerprint density at radius 3 is 2.48 bits per heavy atom. The number of nitrogens with zero attached hydrogens (tertiary/aromatic N) is 2. The summed E-state index contributed by atoms with van der Waals surface area (Å²) in [6.07, 6.45) is 0.772. The quantitative estimate of drug-likeness (QED) is 0.640. The fourth-order valence-electron chi connectivity index (χ4n) is 2.56. The molecule has 0 aliphatic heterocycles. The summed E-state index contributed by atoms with van der Waals surface area (Å²) in [5.74, 6) is 1.05. The molecule has 0 saturated carbocycles. The first-order valence-corrected chi connectivity index (χ1v) is 8.91. The summed E-state index contributed by atoms with van der Waals surface area (Å²) in [4.78, 5) is 12.2. The second-order valence-electron chi connectivity index (χ2n) is 5.85. The third-order valence-corrected chi connectivity index (χ3v) is 3.89. The Labute approximate surface area is 158 Å². The van der Waals surface area contributed by atoms with Crippen LogP contribution in [0.3, 0.4) is 0 Å². The van der Waals surface area contributed by atoms with Crippen molar-refractivity contribution in [2.24, 2.45) is 0 Å². The first-order valence-electron chi connectivity index (χ1n) is 8.91. The van der Waals surface area contributed by atoms with E-state index in [1.165, 1.54) is 5.56 Å². The molecule has 0 unspecified atom stereocenters. The zero-order chi connectivity index (χ0) is 18.9. The van der Waals surface area contributed by atoms with Gasteiger partial charge < -0.3 is 15.4 Å². The standard InChI is InChI=1S/C21H22N4O2/c1-2-27-19-11-7-6-10-17(19)23-20-13-12-18(24-25-20)21(26)22-15-14-16-8-4-3-5-9-16/h3-13H,2,14-15H2,1H3,(H,22,26)(H,23,25). The molecular weight excluding hydrogens is 340 g/mol. The number of carbonyl (C=O) groups excluding carboxylic acids is 1. The number of hydrogen-bond acceptors (Lipinski definition) is 5. The van der Waals surface area contributed by atoms with Gasteiger partial charge in [-0.2, -0.15) is 0 Å². The molecule has 1 amide bonds. The summed E-state index contributed by atoms with van der Waals surface area (Å²) in [7, 11) is 0. The summed E-state index contributed by atoms with van der Waals surface area (Å²) >= 11 is 0. The second kappa shape index (κ2) is 9.33. The van der Waals surface area contributed by atoms with Crippen molar-refractivity contribution < 1.29 is 9.53 Å². The van der Waals surface area contributed by atoms with E-state index in [9.17, 15) is 4.79 Å². The number of nitrogens with one attached hydrogen (secondary N) is 2. The molecule has 0 saturated heterocycles. The average molecular weight is 362 g/mol. The van der Waals surface area contributed by atoms with Gasteiger partial charge in [-0.15, -0.1) is 10.2 Å². The van der Waals surface area contributed by atoms with Gasteiger partial charge in [-0.25, -0.2) is 0 Å². The van der Waals surface area contributed by atoms with Gasteiger partial charge in [-0.1, -0.05) is 42.5 Å². The van der Waals surface area contributed by atoms with E-state index in [2.05, 4.69) is 20.8 Å². The van der Waals surface area contributed by atoms with Gasteiger partial charge in [0, 0.05) is 6.54 Å². The number of aromatic nitrogens is 2. The molecule has 27 heavy (non-hydrogen) atoms. The molecule has 0 atom stereocenters. The van der Waals surface area contributed by atoms with Crippen LogP contribution in [0.15, 0.2) is 66.7 Å². The third kappa shape index (κ3) is 5.28. The number of rotatable bonds is 8. The zero-order valence-corrected chi connectivity index (χ0v) is 15.2. The van der Waals surface area contributed by atoms with Gasteiger partial charge in [-0.3, -0.25) is 4.79 Å². The molecule has 0 spiro atoms. The summed E-state index contributed by atoms with van der Waals surface area (Å²) in [5.41, 5.74) is 2.26. The largest absolute Gasteiger partial charge is 0.492 e. The van der Waals surface area contributed by atoms with Crippen LogP contribution in [-0.2, 0) is 6.42 Å². The molecule has 2 N–H and O–H groups in total. The second-order valence-corrected chi connectivity index (χ2v) is 5.85. The van der Waals surface area contributed by atoms with E-state index in [4.69, 9.17) is 4.74 Å². The topological polar surface area (TPSA) is 76.1 Å². The van der Waals surface area contributed by atoms with Crippen molar-refractivity contribution >= 4 is 17.4 Å². The first kappa shape index (κ1) is 18.4. The molecule has 0 aliphatic rings. The van der Waals surface area contributed by atoms with Crippen LogP contribution < -0.4 is 15.4 Å². The molecule has 1 aromatic heterocycles. The number of benzene rings is 2. The Balaban J connectivity index is 1.56. The summed E-state index contributed by atoms with van der Waals surface area (Å²) in [6, 6.07) is 21.0. The van der Waals surface area contributed by atoms with E-state index in [0.717, 1.165) is 17.9 Å². The molecular formula is C21H22N4O2. The van der Waals surface area contributed by atoms with Crippen molar-refractivity contribution in [1.82, 2.24) is 15.5 Å². The van der Waals surface area contributed by atoms with Crippen molar-refractivity contribution in [3.8, 4) is 5.75 Å². The minimum absolute atomic E-state index is 0.236. The van der Waals surface area contributed by atoms with Gasteiger partial charge in [-0.05, 0) is 43.2 Å². The summed E-state index contributed by atoms with van der Waals surface area (Å²) in [5, 5.41) is 14.1. The van der Waals surface area contributed by atoms with Gasteiger partial charge in [0.1, 0.15) is 5.75 Å². The average Bonchev–Trinajstić information content (AvgIpc) is 2.71. The number of hydrogen-bond donors (Lipinski definition) is 2. The predicted molar refractivity (Wildman–Crippen MR) is 105 cm³/mol. The normalized spacial score (nSPS) is 10.3. The highest BCUT2D eigenvalue weighted by Gasteiger charge is 2.09. The lowest BCUT2D eigenvalue weighted by molar-refractivity contribution is 0.0948. The van der Waals surface area contributed by atoms with Crippen LogP contribution in [0, 0.1) is 0 Å². The maximum Gasteiger partial charge on any atom is 0.271 e. The molecule has 2 aromatic carbocycles. The molecule has 1 heterocycles. The van der Waals surface area contributed by atoms with E-state index >= 15 is 0 Å². The van der Waals surface area contributed by atoms with Crippen molar-refractivity contribution in [2.45, 2.75) is 13.3 Å². The van der Waals surface area contributed by atoms with Gasteiger partial charge in [0.05, 0.1) is 12.3 Å². The lowest BCUT2D eigenvalue weighted by Crippen LogP contribution is -2.26. The lowest BCUT2D eigenvalue weighted by Gasteiger charge is -2.11. The minimum atomic E-state index is -0.236. The highest BCUT2D eigenvalue weighted by Crippen LogP contribution is 2.26. The van der Waals surface area contributed by atoms with Crippen molar-refractivity contribution in [3.63, 3.8) is 0 Å².